The number of hydrogen-bond acceptors (Lipinski definition) is 0. The van der Waals surface area contributed by atoms with Crippen molar-refractivity contribution in [2.24, 2.45) is 17.8 Å². The molecule has 0 unspecified atom stereocenters. The lowest BCUT2D eigenvalue weighted by Gasteiger charge is -2.20. The van der Waals surface area contributed by atoms with Gasteiger partial charge in [-0.3, -0.25) is 0 Å². The third kappa shape index (κ3) is 6.86. The lowest BCUT2D eigenvalue weighted by Crippen LogP contribution is -2.09. The average molecular weight is 182 g/mol. The topological polar surface area (TPSA) is 0 Å². The molecule has 0 saturated heterocycles. The van der Waals surface area contributed by atoms with Crippen LogP contribution in [0.4, 0.5) is 0 Å². The number of allylic oxidation sites excluding steroid dienone is 2. The molecule has 0 fully saturated rings. The average Bonchev–Trinajstić information content (AvgIpc) is 2.03. The fourth-order valence-corrected chi connectivity index (χ4v) is 1.69. The summed E-state index contributed by atoms with van der Waals surface area (Å²) in [6, 6.07) is 0. The highest BCUT2D eigenvalue weighted by Gasteiger charge is 2.11. The summed E-state index contributed by atoms with van der Waals surface area (Å²) < 4.78 is 0. The van der Waals surface area contributed by atoms with Crippen molar-refractivity contribution >= 4 is 0 Å². The molecule has 0 saturated carbocycles. The molecule has 0 aliphatic carbocycles. The molecule has 0 radical (unpaired) electrons. The molecule has 0 bridgehead atoms. The molecule has 78 valence electrons. The standard InChI is InChI=1S/C13H26/c1-6-7-8-9-12(4)13(5)10-11(2)3/h7-8,11-13H,6,9-10H2,1-5H3/b8-7+/t12-,13+/m0/s1. The van der Waals surface area contributed by atoms with Crippen molar-refractivity contribution in [1.82, 2.24) is 0 Å². The summed E-state index contributed by atoms with van der Waals surface area (Å²) in [7, 11) is 0. The van der Waals surface area contributed by atoms with Crippen molar-refractivity contribution in [2.75, 3.05) is 0 Å². The highest BCUT2D eigenvalue weighted by Crippen LogP contribution is 2.22. The van der Waals surface area contributed by atoms with Crippen LogP contribution >= 0.6 is 0 Å². The van der Waals surface area contributed by atoms with E-state index < -0.39 is 0 Å². The fourth-order valence-electron chi connectivity index (χ4n) is 1.69. The quantitative estimate of drug-likeness (QED) is 0.524. The van der Waals surface area contributed by atoms with Crippen LogP contribution in [0, 0.1) is 17.8 Å². The summed E-state index contributed by atoms with van der Waals surface area (Å²) in [5, 5.41) is 0. The third-order valence-corrected chi connectivity index (χ3v) is 2.72. The Hall–Kier alpha value is -0.260. The number of rotatable bonds is 6. The van der Waals surface area contributed by atoms with E-state index in [1.165, 1.54) is 19.3 Å². The van der Waals surface area contributed by atoms with Crippen molar-refractivity contribution in [3.05, 3.63) is 12.2 Å². The minimum atomic E-state index is 0.838. The molecule has 0 aromatic rings. The van der Waals surface area contributed by atoms with Crippen molar-refractivity contribution in [3.8, 4) is 0 Å². The first-order chi connectivity index (χ1) is 6.07. The Kier molecular flexibility index (Phi) is 7.03. The maximum atomic E-state index is 2.38. The van der Waals surface area contributed by atoms with Gasteiger partial charge in [0.15, 0.2) is 0 Å². The van der Waals surface area contributed by atoms with Crippen LogP contribution in [-0.4, -0.2) is 0 Å². The Bertz CT molecular complexity index is 133. The second kappa shape index (κ2) is 7.17. The Morgan fingerprint density at radius 1 is 0.923 bits per heavy atom. The molecule has 0 heteroatoms. The monoisotopic (exact) mass is 182 g/mol. The second-order valence-corrected chi connectivity index (χ2v) is 4.70. The Labute approximate surface area is 84.4 Å². The lowest BCUT2D eigenvalue weighted by molar-refractivity contribution is 0.325. The van der Waals surface area contributed by atoms with Gasteiger partial charge < -0.3 is 0 Å². The SMILES string of the molecule is CC/C=C/C[C@H](C)[C@H](C)CC(C)C. The molecule has 0 amide bonds. The first kappa shape index (κ1) is 12.7. The Morgan fingerprint density at radius 2 is 1.54 bits per heavy atom. The molecule has 0 N–H and O–H groups in total. The van der Waals surface area contributed by atoms with Gasteiger partial charge in [0.05, 0.1) is 0 Å². The van der Waals surface area contributed by atoms with Gasteiger partial charge in [-0.05, 0) is 37.0 Å². The third-order valence-electron chi connectivity index (χ3n) is 2.72. The zero-order valence-corrected chi connectivity index (χ0v) is 10.0. The largest absolute Gasteiger partial charge is 0.0888 e. The summed E-state index contributed by atoms with van der Waals surface area (Å²) in [5.41, 5.74) is 0. The summed E-state index contributed by atoms with van der Waals surface area (Å²) in [6.45, 7) is 11.6. The van der Waals surface area contributed by atoms with Gasteiger partial charge in [-0.2, -0.15) is 0 Å². The van der Waals surface area contributed by atoms with E-state index >= 15 is 0 Å². The predicted octanol–water partition coefficient (Wildman–Crippen LogP) is 4.66. The molecule has 2 atom stereocenters. The maximum Gasteiger partial charge on any atom is -0.0322 e. The smallest absolute Gasteiger partial charge is 0.0322 e. The molecular weight excluding hydrogens is 156 g/mol. The summed E-state index contributed by atoms with van der Waals surface area (Å²) >= 11 is 0. The van der Waals surface area contributed by atoms with Crippen molar-refractivity contribution in [3.63, 3.8) is 0 Å². The van der Waals surface area contributed by atoms with E-state index in [0.717, 1.165) is 17.8 Å². The number of hydrogen-bond donors (Lipinski definition) is 0. The molecule has 0 rings (SSSR count). The van der Waals surface area contributed by atoms with Crippen LogP contribution in [0.1, 0.15) is 53.9 Å². The van der Waals surface area contributed by atoms with Crippen LogP contribution in [-0.2, 0) is 0 Å². The second-order valence-electron chi connectivity index (χ2n) is 4.70. The van der Waals surface area contributed by atoms with Gasteiger partial charge in [0.25, 0.3) is 0 Å². The summed E-state index contributed by atoms with van der Waals surface area (Å²) in [4.78, 5) is 0. The zero-order valence-electron chi connectivity index (χ0n) is 10.0. The van der Waals surface area contributed by atoms with Gasteiger partial charge in [0.1, 0.15) is 0 Å². The molecule has 0 aliphatic heterocycles. The highest BCUT2D eigenvalue weighted by atomic mass is 14.2. The van der Waals surface area contributed by atoms with E-state index in [4.69, 9.17) is 0 Å². The first-order valence-corrected chi connectivity index (χ1v) is 5.72. The van der Waals surface area contributed by atoms with Crippen molar-refractivity contribution < 1.29 is 0 Å². The van der Waals surface area contributed by atoms with E-state index in [2.05, 4.69) is 46.8 Å². The molecule has 0 aromatic carbocycles. The summed E-state index contributed by atoms with van der Waals surface area (Å²) in [6.07, 6.45) is 8.40. The molecular formula is C13H26. The van der Waals surface area contributed by atoms with E-state index in [-0.39, 0.29) is 0 Å². The zero-order chi connectivity index (χ0) is 10.3. The van der Waals surface area contributed by atoms with Gasteiger partial charge in [-0.1, -0.05) is 46.8 Å². The van der Waals surface area contributed by atoms with Crippen LogP contribution in [0.25, 0.3) is 0 Å². The highest BCUT2D eigenvalue weighted by molar-refractivity contribution is 4.83. The Morgan fingerprint density at radius 3 is 2.00 bits per heavy atom. The van der Waals surface area contributed by atoms with Gasteiger partial charge >= 0.3 is 0 Å². The first-order valence-electron chi connectivity index (χ1n) is 5.72. The maximum absolute atomic E-state index is 2.38. The lowest BCUT2D eigenvalue weighted by atomic mass is 9.86. The van der Waals surface area contributed by atoms with Gasteiger partial charge in [0.2, 0.25) is 0 Å². The molecule has 13 heavy (non-hydrogen) atoms. The van der Waals surface area contributed by atoms with Gasteiger partial charge in [0, 0.05) is 0 Å². The van der Waals surface area contributed by atoms with E-state index in [1.807, 2.05) is 0 Å². The fraction of sp³-hybridized carbons (Fsp3) is 0.846. The van der Waals surface area contributed by atoms with E-state index in [0.29, 0.717) is 0 Å². The van der Waals surface area contributed by atoms with Gasteiger partial charge in [-0.25, -0.2) is 0 Å². The van der Waals surface area contributed by atoms with Crippen LogP contribution in [0.15, 0.2) is 12.2 Å². The van der Waals surface area contributed by atoms with Crippen LogP contribution in [0.5, 0.6) is 0 Å². The Balaban J connectivity index is 3.68. The van der Waals surface area contributed by atoms with Crippen molar-refractivity contribution in [1.29, 1.82) is 0 Å². The summed E-state index contributed by atoms with van der Waals surface area (Å²) in [5.74, 6) is 2.54. The molecule has 0 aromatic heterocycles. The normalized spacial score (nSPS) is 16.8. The minimum absolute atomic E-state index is 0.838. The van der Waals surface area contributed by atoms with E-state index in [9.17, 15) is 0 Å². The van der Waals surface area contributed by atoms with E-state index in [1.54, 1.807) is 0 Å². The molecule has 0 spiro atoms. The van der Waals surface area contributed by atoms with Crippen LogP contribution in [0.2, 0.25) is 0 Å². The minimum Gasteiger partial charge on any atom is -0.0888 e. The van der Waals surface area contributed by atoms with Gasteiger partial charge in [-0.15, -0.1) is 0 Å². The van der Waals surface area contributed by atoms with Crippen molar-refractivity contribution in [2.45, 2.75) is 53.9 Å². The van der Waals surface area contributed by atoms with Crippen LogP contribution in [0.3, 0.4) is 0 Å². The predicted molar refractivity (Wildman–Crippen MR) is 61.8 cm³/mol. The molecule has 0 nitrogen and oxygen atoms in total. The molecule has 0 aliphatic rings. The molecule has 0 heterocycles. The van der Waals surface area contributed by atoms with Crippen LogP contribution < -0.4 is 0 Å².